The highest BCUT2D eigenvalue weighted by atomic mass is 16.3. The minimum atomic E-state index is -0.371. The fraction of sp³-hybridized carbons (Fsp3) is 0.625. The molecule has 1 saturated heterocycles. The number of rotatable bonds is 4. The number of benzene rings is 1. The largest absolute Gasteiger partial charge is 0.387 e. The Morgan fingerprint density at radius 2 is 1.53 bits per heavy atom. The van der Waals surface area contributed by atoms with Crippen molar-refractivity contribution in [2.75, 3.05) is 39.8 Å². The predicted molar refractivity (Wildman–Crippen MR) is 79.4 cm³/mol. The van der Waals surface area contributed by atoms with Gasteiger partial charge in [-0.1, -0.05) is 38.1 Å². The standard InChI is InChI=1S/C16H26N2O/c1-13(2)14-4-6-15(7-5-14)16(19)12-18-10-8-17(3)9-11-18/h4-7,13,16,19H,8-12H2,1-3H3/t16-/m1/s1. The van der Waals surface area contributed by atoms with Gasteiger partial charge in [0.1, 0.15) is 0 Å². The molecule has 0 unspecified atom stereocenters. The lowest BCUT2D eigenvalue weighted by Crippen LogP contribution is -2.45. The number of β-amino-alcohol motifs (C(OH)–C–C–N with tert-alkyl or cyclic N) is 1. The van der Waals surface area contributed by atoms with Gasteiger partial charge in [-0.05, 0) is 24.1 Å². The maximum Gasteiger partial charge on any atom is 0.0916 e. The highest BCUT2D eigenvalue weighted by molar-refractivity contribution is 5.26. The van der Waals surface area contributed by atoms with E-state index in [0.717, 1.165) is 38.3 Å². The summed E-state index contributed by atoms with van der Waals surface area (Å²) in [6.07, 6.45) is -0.371. The molecule has 1 atom stereocenters. The molecule has 1 aliphatic rings. The average Bonchev–Trinajstić information content (AvgIpc) is 2.41. The van der Waals surface area contributed by atoms with Crippen LogP contribution >= 0.6 is 0 Å². The molecule has 106 valence electrons. The number of aliphatic hydroxyl groups is 1. The van der Waals surface area contributed by atoms with Crippen molar-refractivity contribution in [3.8, 4) is 0 Å². The van der Waals surface area contributed by atoms with E-state index in [9.17, 15) is 5.11 Å². The molecule has 1 fully saturated rings. The van der Waals surface area contributed by atoms with Gasteiger partial charge in [-0.2, -0.15) is 0 Å². The Labute approximate surface area is 116 Å². The first kappa shape index (κ1) is 14.5. The van der Waals surface area contributed by atoms with Crippen LogP contribution in [0.5, 0.6) is 0 Å². The second kappa shape index (κ2) is 6.51. The van der Waals surface area contributed by atoms with E-state index in [0.29, 0.717) is 5.92 Å². The molecule has 0 aliphatic carbocycles. The molecule has 3 nitrogen and oxygen atoms in total. The van der Waals surface area contributed by atoms with E-state index < -0.39 is 0 Å². The number of hydrogen-bond donors (Lipinski definition) is 1. The van der Waals surface area contributed by atoms with Crippen LogP contribution in [0, 0.1) is 0 Å². The van der Waals surface area contributed by atoms with Crippen molar-refractivity contribution in [1.29, 1.82) is 0 Å². The third kappa shape index (κ3) is 4.03. The van der Waals surface area contributed by atoms with Gasteiger partial charge in [0.25, 0.3) is 0 Å². The van der Waals surface area contributed by atoms with E-state index >= 15 is 0 Å². The van der Waals surface area contributed by atoms with Crippen LogP contribution in [-0.2, 0) is 0 Å². The molecule has 0 amide bonds. The molecule has 0 bridgehead atoms. The van der Waals surface area contributed by atoms with Gasteiger partial charge in [0.15, 0.2) is 0 Å². The predicted octanol–water partition coefficient (Wildman–Crippen LogP) is 2.09. The minimum absolute atomic E-state index is 0.371. The summed E-state index contributed by atoms with van der Waals surface area (Å²) >= 11 is 0. The summed E-state index contributed by atoms with van der Waals surface area (Å²) in [5.74, 6) is 0.545. The van der Waals surface area contributed by atoms with Gasteiger partial charge in [-0.3, -0.25) is 4.90 Å². The molecule has 1 heterocycles. The third-order valence-corrected chi connectivity index (χ3v) is 4.01. The zero-order valence-electron chi connectivity index (χ0n) is 12.3. The van der Waals surface area contributed by atoms with Crippen LogP contribution < -0.4 is 0 Å². The molecular weight excluding hydrogens is 236 g/mol. The van der Waals surface area contributed by atoms with E-state index in [4.69, 9.17) is 0 Å². The van der Waals surface area contributed by atoms with Crippen molar-refractivity contribution < 1.29 is 5.11 Å². The Hall–Kier alpha value is -0.900. The van der Waals surface area contributed by atoms with E-state index in [-0.39, 0.29) is 6.10 Å². The normalized spacial score (nSPS) is 19.8. The van der Waals surface area contributed by atoms with Crippen molar-refractivity contribution >= 4 is 0 Å². The Balaban J connectivity index is 1.90. The lowest BCUT2D eigenvalue weighted by Gasteiger charge is -2.33. The maximum atomic E-state index is 10.3. The van der Waals surface area contributed by atoms with Crippen LogP contribution in [0.25, 0.3) is 0 Å². The van der Waals surface area contributed by atoms with Crippen LogP contribution in [0.1, 0.15) is 37.0 Å². The second-order valence-corrected chi connectivity index (χ2v) is 5.94. The van der Waals surface area contributed by atoms with Crippen molar-refractivity contribution in [3.05, 3.63) is 35.4 Å². The highest BCUT2D eigenvalue weighted by Gasteiger charge is 2.17. The topological polar surface area (TPSA) is 26.7 Å². The Morgan fingerprint density at radius 1 is 1.00 bits per heavy atom. The van der Waals surface area contributed by atoms with Crippen LogP contribution in [0.15, 0.2) is 24.3 Å². The molecule has 0 spiro atoms. The first-order valence-electron chi connectivity index (χ1n) is 7.25. The lowest BCUT2D eigenvalue weighted by molar-refractivity contribution is 0.0805. The van der Waals surface area contributed by atoms with Gasteiger partial charge in [0.05, 0.1) is 6.10 Å². The van der Waals surface area contributed by atoms with E-state index in [1.165, 1.54) is 5.56 Å². The summed E-state index contributed by atoms with van der Waals surface area (Å²) in [4.78, 5) is 4.68. The van der Waals surface area contributed by atoms with Crippen molar-refractivity contribution in [3.63, 3.8) is 0 Å². The average molecular weight is 262 g/mol. The summed E-state index contributed by atoms with van der Waals surface area (Å²) in [6.45, 7) is 9.42. The Kier molecular flexibility index (Phi) is 4.97. The van der Waals surface area contributed by atoms with E-state index in [1.54, 1.807) is 0 Å². The quantitative estimate of drug-likeness (QED) is 0.900. The van der Waals surface area contributed by atoms with Crippen molar-refractivity contribution in [1.82, 2.24) is 9.80 Å². The fourth-order valence-electron chi connectivity index (χ4n) is 2.48. The molecule has 2 rings (SSSR count). The molecule has 19 heavy (non-hydrogen) atoms. The molecule has 1 aliphatic heterocycles. The summed E-state index contributed by atoms with van der Waals surface area (Å²) < 4.78 is 0. The number of aliphatic hydroxyl groups excluding tert-OH is 1. The summed E-state index contributed by atoms with van der Waals surface area (Å²) in [7, 11) is 2.15. The summed E-state index contributed by atoms with van der Waals surface area (Å²) in [6, 6.07) is 8.40. The Morgan fingerprint density at radius 3 is 2.05 bits per heavy atom. The number of hydrogen-bond acceptors (Lipinski definition) is 3. The van der Waals surface area contributed by atoms with Gasteiger partial charge >= 0.3 is 0 Å². The highest BCUT2D eigenvalue weighted by Crippen LogP contribution is 2.19. The smallest absolute Gasteiger partial charge is 0.0916 e. The van der Waals surface area contributed by atoms with Crippen LogP contribution in [-0.4, -0.2) is 54.7 Å². The van der Waals surface area contributed by atoms with E-state index in [2.05, 4.69) is 55.0 Å². The van der Waals surface area contributed by atoms with Crippen LogP contribution in [0.3, 0.4) is 0 Å². The Bertz CT molecular complexity index is 380. The zero-order valence-corrected chi connectivity index (χ0v) is 12.3. The molecule has 3 heteroatoms. The zero-order chi connectivity index (χ0) is 13.8. The third-order valence-electron chi connectivity index (χ3n) is 4.01. The number of piperazine rings is 1. The van der Waals surface area contributed by atoms with Crippen LogP contribution in [0.2, 0.25) is 0 Å². The maximum absolute atomic E-state index is 10.3. The van der Waals surface area contributed by atoms with Crippen LogP contribution in [0.4, 0.5) is 0 Å². The van der Waals surface area contributed by atoms with Gasteiger partial charge < -0.3 is 10.0 Å². The molecule has 1 aromatic carbocycles. The second-order valence-electron chi connectivity index (χ2n) is 5.94. The van der Waals surface area contributed by atoms with E-state index in [1.807, 2.05) is 0 Å². The molecule has 0 radical (unpaired) electrons. The molecule has 1 aromatic rings. The molecule has 0 saturated carbocycles. The molecular formula is C16H26N2O. The lowest BCUT2D eigenvalue weighted by atomic mass is 10.00. The van der Waals surface area contributed by atoms with Crippen molar-refractivity contribution in [2.45, 2.75) is 25.9 Å². The number of likely N-dealkylation sites (N-methyl/N-ethyl adjacent to an activating group) is 1. The van der Waals surface area contributed by atoms with Gasteiger partial charge in [0, 0.05) is 32.7 Å². The van der Waals surface area contributed by atoms with Gasteiger partial charge in [-0.15, -0.1) is 0 Å². The van der Waals surface area contributed by atoms with Crippen molar-refractivity contribution in [2.24, 2.45) is 0 Å². The first-order valence-corrected chi connectivity index (χ1v) is 7.25. The number of nitrogens with zero attached hydrogens (tertiary/aromatic N) is 2. The monoisotopic (exact) mass is 262 g/mol. The SMILES string of the molecule is CC(C)c1ccc([C@H](O)CN2CCN(C)CC2)cc1. The summed E-state index contributed by atoms with van der Waals surface area (Å²) in [5, 5.41) is 10.3. The van der Waals surface area contributed by atoms with Gasteiger partial charge in [-0.25, -0.2) is 0 Å². The molecule has 1 N–H and O–H groups in total. The summed E-state index contributed by atoms with van der Waals surface area (Å²) in [5.41, 5.74) is 2.36. The minimum Gasteiger partial charge on any atom is -0.387 e. The fourth-order valence-corrected chi connectivity index (χ4v) is 2.48. The van der Waals surface area contributed by atoms with Gasteiger partial charge in [0.2, 0.25) is 0 Å². The molecule has 0 aromatic heterocycles. The first-order chi connectivity index (χ1) is 9.06.